The van der Waals surface area contributed by atoms with Crippen molar-refractivity contribution in [2.24, 2.45) is 0 Å². The molecule has 0 bridgehead atoms. The van der Waals surface area contributed by atoms with Gasteiger partial charge in [-0.3, -0.25) is 0 Å². The minimum absolute atomic E-state index is 0.384. The molecule has 0 unspecified atom stereocenters. The van der Waals surface area contributed by atoms with Crippen LogP contribution in [0.15, 0.2) is 16.7 Å². The van der Waals surface area contributed by atoms with Crippen molar-refractivity contribution in [3.8, 4) is 0 Å². The Morgan fingerprint density at radius 1 is 1.64 bits per heavy atom. The second-order valence-electron chi connectivity index (χ2n) is 2.25. The van der Waals surface area contributed by atoms with Gasteiger partial charge in [-0.2, -0.15) is 0 Å². The lowest BCUT2D eigenvalue weighted by molar-refractivity contribution is 0.424. The molecule has 0 aliphatic heterocycles. The van der Waals surface area contributed by atoms with Crippen LogP contribution in [0, 0.1) is 0 Å². The standard InChI is InChI=1S/C6H10BNO3/c1-8-3-6-2-5(4-11-6)7(9)10/h2,4,8-10H,3H2,1H3. The lowest BCUT2D eigenvalue weighted by atomic mass is 9.82. The van der Waals surface area contributed by atoms with Gasteiger partial charge >= 0.3 is 7.12 Å². The smallest absolute Gasteiger partial charge is 0.468 e. The molecule has 0 radical (unpaired) electrons. The van der Waals surface area contributed by atoms with Gasteiger partial charge in [0, 0.05) is 5.46 Å². The van der Waals surface area contributed by atoms with Crippen LogP contribution in [0.4, 0.5) is 0 Å². The van der Waals surface area contributed by atoms with Gasteiger partial charge in [0.25, 0.3) is 0 Å². The predicted molar refractivity (Wildman–Crippen MR) is 41.3 cm³/mol. The third-order valence-electron chi connectivity index (χ3n) is 1.32. The van der Waals surface area contributed by atoms with Crippen LogP contribution < -0.4 is 10.8 Å². The Morgan fingerprint density at radius 3 is 2.82 bits per heavy atom. The Morgan fingerprint density at radius 2 is 2.36 bits per heavy atom. The van der Waals surface area contributed by atoms with E-state index in [2.05, 4.69) is 5.32 Å². The first-order valence-corrected chi connectivity index (χ1v) is 3.32. The van der Waals surface area contributed by atoms with Gasteiger partial charge in [0.2, 0.25) is 0 Å². The average Bonchev–Trinajstić information content (AvgIpc) is 2.37. The van der Waals surface area contributed by atoms with Crippen LogP contribution in [0.5, 0.6) is 0 Å². The van der Waals surface area contributed by atoms with Gasteiger partial charge in [-0.1, -0.05) is 0 Å². The SMILES string of the molecule is CNCc1cc(B(O)O)co1. The highest BCUT2D eigenvalue weighted by Crippen LogP contribution is 1.96. The van der Waals surface area contributed by atoms with Crippen LogP contribution in [0.3, 0.4) is 0 Å². The molecule has 0 amide bonds. The molecule has 5 heteroatoms. The second-order valence-corrected chi connectivity index (χ2v) is 2.25. The molecule has 0 saturated heterocycles. The number of nitrogens with one attached hydrogen (secondary N) is 1. The van der Waals surface area contributed by atoms with Gasteiger partial charge in [-0.25, -0.2) is 0 Å². The Kier molecular flexibility index (Phi) is 2.70. The predicted octanol–water partition coefficient (Wildman–Crippen LogP) is -1.32. The summed E-state index contributed by atoms with van der Waals surface area (Å²) in [7, 11) is 0.349. The van der Waals surface area contributed by atoms with Gasteiger partial charge < -0.3 is 19.8 Å². The van der Waals surface area contributed by atoms with Crippen LogP contribution in [0.25, 0.3) is 0 Å². The molecular formula is C6H10BNO3. The number of furan rings is 1. The quantitative estimate of drug-likeness (QED) is 0.473. The molecule has 0 aliphatic carbocycles. The van der Waals surface area contributed by atoms with Crippen molar-refractivity contribution in [1.82, 2.24) is 5.32 Å². The van der Waals surface area contributed by atoms with Crippen molar-refractivity contribution in [2.45, 2.75) is 6.54 Å². The molecule has 60 valence electrons. The minimum Gasteiger partial charge on any atom is -0.468 e. The first-order valence-electron chi connectivity index (χ1n) is 3.32. The van der Waals surface area contributed by atoms with E-state index in [0.717, 1.165) is 0 Å². The lowest BCUT2D eigenvalue weighted by Gasteiger charge is -1.90. The van der Waals surface area contributed by atoms with E-state index in [9.17, 15) is 0 Å². The van der Waals surface area contributed by atoms with Gasteiger partial charge in [0.05, 0.1) is 12.8 Å². The fourth-order valence-electron chi connectivity index (χ4n) is 0.800. The van der Waals surface area contributed by atoms with Gasteiger partial charge in [0.1, 0.15) is 5.76 Å². The van der Waals surface area contributed by atoms with Crippen molar-refractivity contribution in [1.29, 1.82) is 0 Å². The van der Waals surface area contributed by atoms with E-state index in [1.54, 1.807) is 13.1 Å². The maximum absolute atomic E-state index is 8.68. The summed E-state index contributed by atoms with van der Waals surface area (Å²) < 4.78 is 4.98. The van der Waals surface area contributed by atoms with Crippen LogP contribution in [-0.4, -0.2) is 24.2 Å². The fourth-order valence-corrected chi connectivity index (χ4v) is 0.800. The molecule has 11 heavy (non-hydrogen) atoms. The summed E-state index contributed by atoms with van der Waals surface area (Å²) in [4.78, 5) is 0. The van der Waals surface area contributed by atoms with Crippen molar-refractivity contribution in [2.75, 3.05) is 7.05 Å². The van der Waals surface area contributed by atoms with Crippen molar-refractivity contribution in [3.63, 3.8) is 0 Å². The van der Waals surface area contributed by atoms with Gasteiger partial charge in [0.15, 0.2) is 0 Å². The van der Waals surface area contributed by atoms with E-state index in [1.807, 2.05) is 0 Å². The highest BCUT2D eigenvalue weighted by Gasteiger charge is 2.13. The molecule has 1 aromatic rings. The maximum atomic E-state index is 8.68. The van der Waals surface area contributed by atoms with Crippen LogP contribution in [0.1, 0.15) is 5.76 Å². The van der Waals surface area contributed by atoms with Gasteiger partial charge in [-0.05, 0) is 13.1 Å². The minimum atomic E-state index is -1.44. The third kappa shape index (κ3) is 2.08. The highest BCUT2D eigenvalue weighted by molar-refractivity contribution is 6.58. The average molecular weight is 155 g/mol. The van der Waals surface area contributed by atoms with Crippen molar-refractivity contribution >= 4 is 12.6 Å². The van der Waals surface area contributed by atoms with E-state index in [1.165, 1.54) is 6.26 Å². The molecule has 0 aliphatic rings. The van der Waals surface area contributed by atoms with E-state index in [0.29, 0.717) is 17.8 Å². The summed E-state index contributed by atoms with van der Waals surface area (Å²) >= 11 is 0. The Hall–Kier alpha value is -0.775. The number of rotatable bonds is 3. The summed E-state index contributed by atoms with van der Waals surface area (Å²) in [5, 5.41) is 20.2. The summed E-state index contributed by atoms with van der Waals surface area (Å²) in [5.41, 5.74) is 0.384. The first-order chi connectivity index (χ1) is 5.24. The Labute approximate surface area is 65.0 Å². The normalized spacial score (nSPS) is 10.1. The third-order valence-corrected chi connectivity index (χ3v) is 1.32. The molecule has 1 rings (SSSR count). The lowest BCUT2D eigenvalue weighted by Crippen LogP contribution is -2.28. The number of hydrogen-bond acceptors (Lipinski definition) is 4. The molecule has 0 fully saturated rings. The molecule has 1 aromatic heterocycles. The molecule has 0 spiro atoms. The van der Waals surface area contributed by atoms with Gasteiger partial charge in [-0.15, -0.1) is 0 Å². The zero-order valence-electron chi connectivity index (χ0n) is 6.24. The van der Waals surface area contributed by atoms with Crippen LogP contribution in [-0.2, 0) is 6.54 Å². The Bertz CT molecular complexity index is 223. The largest absolute Gasteiger partial charge is 0.491 e. The van der Waals surface area contributed by atoms with Crippen LogP contribution >= 0.6 is 0 Å². The molecule has 3 N–H and O–H groups in total. The second kappa shape index (κ2) is 3.57. The summed E-state index contributed by atoms with van der Waals surface area (Å²) in [6, 6.07) is 1.60. The molecule has 0 saturated carbocycles. The van der Waals surface area contributed by atoms with E-state index < -0.39 is 7.12 Å². The van der Waals surface area contributed by atoms with E-state index >= 15 is 0 Å². The molecule has 0 aromatic carbocycles. The topological polar surface area (TPSA) is 65.6 Å². The zero-order chi connectivity index (χ0) is 8.27. The Balaban J connectivity index is 2.66. The molecular weight excluding hydrogens is 145 g/mol. The summed E-state index contributed by atoms with van der Waals surface area (Å²) in [6.07, 6.45) is 1.33. The first kappa shape index (κ1) is 8.32. The zero-order valence-corrected chi connectivity index (χ0v) is 6.24. The maximum Gasteiger partial charge on any atom is 0.491 e. The number of hydrogen-bond donors (Lipinski definition) is 3. The molecule has 1 heterocycles. The van der Waals surface area contributed by atoms with Crippen molar-refractivity contribution < 1.29 is 14.5 Å². The summed E-state index contributed by atoms with van der Waals surface area (Å²) in [6.45, 7) is 0.590. The summed E-state index contributed by atoms with van der Waals surface area (Å²) in [5.74, 6) is 0.690. The van der Waals surface area contributed by atoms with Crippen molar-refractivity contribution in [3.05, 3.63) is 18.1 Å². The molecule has 4 nitrogen and oxygen atoms in total. The van der Waals surface area contributed by atoms with Crippen LogP contribution in [0.2, 0.25) is 0 Å². The fraction of sp³-hybridized carbons (Fsp3) is 0.333. The monoisotopic (exact) mass is 155 g/mol. The van der Waals surface area contributed by atoms with E-state index in [-0.39, 0.29) is 0 Å². The highest BCUT2D eigenvalue weighted by atomic mass is 16.4. The van der Waals surface area contributed by atoms with E-state index in [4.69, 9.17) is 14.5 Å². The molecule has 0 atom stereocenters.